The van der Waals surface area contributed by atoms with E-state index in [0.717, 1.165) is 0 Å². The van der Waals surface area contributed by atoms with E-state index in [0.29, 0.717) is 36.2 Å². The molecule has 0 saturated carbocycles. The normalized spacial score (nSPS) is 10.5. The lowest BCUT2D eigenvalue weighted by atomic mass is 10.1. The average molecular weight is 348 g/mol. The predicted octanol–water partition coefficient (Wildman–Crippen LogP) is 1.97. The van der Waals surface area contributed by atoms with Crippen LogP contribution in [-0.2, 0) is 4.79 Å². The van der Waals surface area contributed by atoms with Crippen LogP contribution in [0.15, 0.2) is 24.3 Å². The van der Waals surface area contributed by atoms with Gasteiger partial charge >= 0.3 is 6.03 Å². The van der Waals surface area contributed by atoms with E-state index >= 15 is 0 Å². The highest BCUT2D eigenvalue weighted by molar-refractivity contribution is 6.01. The summed E-state index contributed by atoms with van der Waals surface area (Å²) in [6.07, 6.45) is 0. The van der Waals surface area contributed by atoms with E-state index in [1.165, 1.54) is 0 Å². The molecule has 0 atom stereocenters. The number of hydrogen-bond acceptors (Lipinski definition) is 4. The van der Waals surface area contributed by atoms with Crippen molar-refractivity contribution in [1.82, 2.24) is 16.0 Å². The van der Waals surface area contributed by atoms with Crippen LogP contribution in [0.1, 0.15) is 38.1 Å². The number of amides is 4. The fourth-order valence-electron chi connectivity index (χ4n) is 1.91. The Kier molecular flexibility index (Phi) is 8.46. The van der Waals surface area contributed by atoms with Crippen molar-refractivity contribution in [3.63, 3.8) is 0 Å². The third-order valence-corrected chi connectivity index (χ3v) is 3.21. The predicted molar refractivity (Wildman–Crippen MR) is 98.5 cm³/mol. The largest absolute Gasteiger partial charge is 0.375 e. The quantitative estimate of drug-likeness (QED) is 0.577. The molecule has 7 nitrogen and oxygen atoms in total. The van der Waals surface area contributed by atoms with Gasteiger partial charge in [0.05, 0.1) is 12.1 Å². The van der Waals surface area contributed by atoms with Crippen LogP contribution in [0.25, 0.3) is 0 Å². The molecule has 1 aromatic carbocycles. The minimum absolute atomic E-state index is 0.108. The number of benzene rings is 1. The molecule has 0 aliphatic rings. The summed E-state index contributed by atoms with van der Waals surface area (Å²) >= 11 is 0. The Morgan fingerprint density at radius 1 is 0.920 bits per heavy atom. The summed E-state index contributed by atoms with van der Waals surface area (Å²) in [6, 6.07) is 6.41. The number of para-hydroxylation sites is 1. The second-order valence-corrected chi connectivity index (χ2v) is 6.66. The molecule has 1 rings (SSSR count). The number of nitrogens with one attached hydrogen (secondary N) is 4. The molecule has 25 heavy (non-hydrogen) atoms. The van der Waals surface area contributed by atoms with E-state index in [4.69, 9.17) is 0 Å². The molecule has 0 bridgehead atoms. The average Bonchev–Trinajstić information content (AvgIpc) is 2.56. The molecule has 138 valence electrons. The van der Waals surface area contributed by atoms with Gasteiger partial charge < -0.3 is 16.0 Å². The van der Waals surface area contributed by atoms with Crippen molar-refractivity contribution >= 4 is 23.5 Å². The molecule has 0 aliphatic heterocycles. The molecular weight excluding hydrogens is 320 g/mol. The molecule has 0 spiro atoms. The van der Waals surface area contributed by atoms with E-state index in [2.05, 4.69) is 21.3 Å². The molecule has 0 fully saturated rings. The third kappa shape index (κ3) is 8.19. The summed E-state index contributed by atoms with van der Waals surface area (Å²) in [5.41, 5.74) is 1.00. The monoisotopic (exact) mass is 348 g/mol. The molecule has 1 aromatic rings. The Hall–Kier alpha value is -2.57. The third-order valence-electron chi connectivity index (χ3n) is 3.21. The molecule has 0 radical (unpaired) electrons. The topological polar surface area (TPSA) is 99.3 Å². The molecule has 0 aliphatic carbocycles. The van der Waals surface area contributed by atoms with Crippen molar-refractivity contribution in [2.75, 3.05) is 25.0 Å². The van der Waals surface area contributed by atoms with Gasteiger partial charge in [-0.2, -0.15) is 0 Å². The van der Waals surface area contributed by atoms with Gasteiger partial charge in [0.15, 0.2) is 0 Å². The van der Waals surface area contributed by atoms with Crippen LogP contribution in [0.3, 0.4) is 0 Å². The van der Waals surface area contributed by atoms with Gasteiger partial charge in [0, 0.05) is 18.8 Å². The first-order chi connectivity index (χ1) is 11.8. The second kappa shape index (κ2) is 10.3. The zero-order valence-corrected chi connectivity index (χ0v) is 15.3. The first-order valence-corrected chi connectivity index (χ1v) is 8.48. The van der Waals surface area contributed by atoms with Crippen LogP contribution >= 0.6 is 0 Å². The summed E-state index contributed by atoms with van der Waals surface area (Å²) in [6.45, 7) is 8.91. The summed E-state index contributed by atoms with van der Waals surface area (Å²) in [7, 11) is 0. The van der Waals surface area contributed by atoms with Gasteiger partial charge in [-0.3, -0.25) is 14.9 Å². The van der Waals surface area contributed by atoms with Crippen LogP contribution in [0, 0.1) is 11.8 Å². The van der Waals surface area contributed by atoms with E-state index in [1.807, 2.05) is 27.7 Å². The van der Waals surface area contributed by atoms with Gasteiger partial charge in [0.2, 0.25) is 5.91 Å². The molecule has 0 saturated heterocycles. The van der Waals surface area contributed by atoms with Crippen molar-refractivity contribution in [2.45, 2.75) is 27.7 Å². The van der Waals surface area contributed by atoms with Gasteiger partial charge in [-0.1, -0.05) is 39.8 Å². The number of carbonyl (C=O) groups is 3. The van der Waals surface area contributed by atoms with Gasteiger partial charge in [-0.15, -0.1) is 0 Å². The Morgan fingerprint density at radius 2 is 1.52 bits per heavy atom. The number of anilines is 1. The molecule has 0 aromatic heterocycles. The number of hydrogen-bond donors (Lipinski definition) is 4. The maximum absolute atomic E-state index is 12.2. The number of carbonyl (C=O) groups excluding carboxylic acids is 3. The van der Waals surface area contributed by atoms with Crippen LogP contribution in [0.4, 0.5) is 10.5 Å². The standard InChI is InChI=1S/C18H28N4O3/c1-12(2)9-20-17(24)14-7-5-6-8-15(14)19-11-16(23)22-18(25)21-10-13(3)4/h5-8,12-13,19H,9-11H2,1-4H3,(H,20,24)(H2,21,22,23,25). The molecule has 4 amide bonds. The Balaban J connectivity index is 2.55. The fraction of sp³-hybridized carbons (Fsp3) is 0.500. The van der Waals surface area contributed by atoms with Crippen LogP contribution in [0.2, 0.25) is 0 Å². The molecule has 7 heteroatoms. The second-order valence-electron chi connectivity index (χ2n) is 6.66. The molecular formula is C18H28N4O3. The Labute approximate surface area is 148 Å². The Morgan fingerprint density at radius 3 is 2.16 bits per heavy atom. The zero-order chi connectivity index (χ0) is 18.8. The summed E-state index contributed by atoms with van der Waals surface area (Å²) in [5, 5.41) is 10.6. The van der Waals surface area contributed by atoms with Gasteiger partial charge in [0.1, 0.15) is 0 Å². The maximum atomic E-state index is 12.2. The summed E-state index contributed by atoms with van der Waals surface area (Å²) in [4.78, 5) is 35.6. The number of urea groups is 1. The Bertz CT molecular complexity index is 600. The van der Waals surface area contributed by atoms with E-state index < -0.39 is 11.9 Å². The molecule has 4 N–H and O–H groups in total. The van der Waals surface area contributed by atoms with Crippen molar-refractivity contribution in [3.05, 3.63) is 29.8 Å². The lowest BCUT2D eigenvalue weighted by Crippen LogP contribution is -2.43. The minimum atomic E-state index is -0.525. The zero-order valence-electron chi connectivity index (χ0n) is 15.3. The van der Waals surface area contributed by atoms with Crippen LogP contribution in [0.5, 0.6) is 0 Å². The smallest absolute Gasteiger partial charge is 0.321 e. The SMILES string of the molecule is CC(C)CNC(=O)NC(=O)CNc1ccccc1C(=O)NCC(C)C. The van der Waals surface area contributed by atoms with Gasteiger partial charge in [0.25, 0.3) is 5.91 Å². The first kappa shape index (κ1) is 20.5. The maximum Gasteiger partial charge on any atom is 0.321 e. The van der Waals surface area contributed by atoms with E-state index in [-0.39, 0.29) is 12.5 Å². The first-order valence-electron chi connectivity index (χ1n) is 8.48. The van der Waals surface area contributed by atoms with Crippen LogP contribution in [-0.4, -0.2) is 37.5 Å². The lowest BCUT2D eigenvalue weighted by molar-refractivity contribution is -0.118. The van der Waals surface area contributed by atoms with Gasteiger partial charge in [-0.25, -0.2) is 4.79 Å². The van der Waals surface area contributed by atoms with Crippen molar-refractivity contribution in [1.29, 1.82) is 0 Å². The highest BCUT2D eigenvalue weighted by Crippen LogP contribution is 2.14. The number of rotatable bonds is 8. The molecule has 0 unspecified atom stereocenters. The molecule has 0 heterocycles. The fourth-order valence-corrected chi connectivity index (χ4v) is 1.91. The lowest BCUT2D eigenvalue weighted by Gasteiger charge is -2.13. The van der Waals surface area contributed by atoms with Crippen molar-refractivity contribution in [2.24, 2.45) is 11.8 Å². The number of imide groups is 1. The van der Waals surface area contributed by atoms with Crippen molar-refractivity contribution in [3.8, 4) is 0 Å². The van der Waals surface area contributed by atoms with Crippen molar-refractivity contribution < 1.29 is 14.4 Å². The highest BCUT2D eigenvalue weighted by atomic mass is 16.2. The highest BCUT2D eigenvalue weighted by Gasteiger charge is 2.13. The van der Waals surface area contributed by atoms with Crippen LogP contribution < -0.4 is 21.3 Å². The minimum Gasteiger partial charge on any atom is -0.375 e. The summed E-state index contributed by atoms with van der Waals surface area (Å²) in [5.74, 6) is -0.0278. The van der Waals surface area contributed by atoms with E-state index in [1.54, 1.807) is 24.3 Å². The van der Waals surface area contributed by atoms with E-state index in [9.17, 15) is 14.4 Å². The summed E-state index contributed by atoms with van der Waals surface area (Å²) < 4.78 is 0. The van der Waals surface area contributed by atoms with Gasteiger partial charge in [-0.05, 0) is 24.0 Å².